The topological polar surface area (TPSA) is 93.8 Å². The third kappa shape index (κ3) is 19.9. The Morgan fingerprint density at radius 3 is 1.89 bits per heavy atom. The summed E-state index contributed by atoms with van der Waals surface area (Å²) in [4.78, 5) is 12.2. The number of phosphoric acid groups is 1. The molecule has 3 atom stereocenters. The van der Waals surface area contributed by atoms with E-state index in [1.165, 1.54) is 64.2 Å². The molecule has 0 fully saturated rings. The minimum absolute atomic E-state index is 0.0117. The van der Waals surface area contributed by atoms with Crippen molar-refractivity contribution >= 4 is 16.1 Å². The number of unbranched alkanes of at least 4 members (excludes halogenated alkanes) is 11. The molecule has 0 radical (unpaired) electrons. The maximum absolute atomic E-state index is 12.2. The van der Waals surface area contributed by atoms with Crippen molar-refractivity contribution in [3.05, 3.63) is 12.2 Å². The van der Waals surface area contributed by atoms with Crippen molar-refractivity contribution in [2.75, 3.05) is 40.9 Å². The van der Waals surface area contributed by atoms with Gasteiger partial charge < -0.3 is 28.6 Å². The Labute approximate surface area is 237 Å². The first-order chi connectivity index (χ1) is 17.5. The summed E-state index contributed by atoms with van der Waals surface area (Å²) in [6.07, 6.45) is 19.2. The summed E-state index contributed by atoms with van der Waals surface area (Å²) in [7, 11) is -0.623. The Morgan fingerprint density at radius 1 is 0.921 bits per heavy atom. The molecule has 2 N–H and O–H groups in total. The number of hydrogen-bond donors (Lipinski definition) is 1. The molecule has 0 aromatic carbocycles. The zero-order chi connectivity index (χ0) is 29.3. The average Bonchev–Trinajstić information content (AvgIpc) is 2.78. The first-order valence-corrected chi connectivity index (χ1v) is 19.4. The van der Waals surface area contributed by atoms with Crippen LogP contribution < -0.4 is 10.6 Å². The molecule has 3 unspecified atom stereocenters. The molecule has 0 amide bonds. The molecule has 38 heavy (non-hydrogen) atoms. The van der Waals surface area contributed by atoms with Gasteiger partial charge in [0.1, 0.15) is 13.2 Å². The summed E-state index contributed by atoms with van der Waals surface area (Å²) in [6.45, 7) is 13.6. The van der Waals surface area contributed by atoms with Crippen LogP contribution in [0.4, 0.5) is 0 Å². The van der Waals surface area contributed by atoms with Crippen molar-refractivity contribution in [1.29, 1.82) is 0 Å². The van der Waals surface area contributed by atoms with Crippen LogP contribution in [0.25, 0.3) is 0 Å². The van der Waals surface area contributed by atoms with Crippen molar-refractivity contribution in [2.24, 2.45) is 5.73 Å². The van der Waals surface area contributed by atoms with Gasteiger partial charge in [-0.3, -0.25) is 4.57 Å². The fraction of sp³-hybridized carbons (Fsp3) is 0.931. The van der Waals surface area contributed by atoms with Gasteiger partial charge in [-0.05, 0) is 31.0 Å². The van der Waals surface area contributed by atoms with Gasteiger partial charge in [0.05, 0.1) is 39.9 Å². The van der Waals surface area contributed by atoms with Gasteiger partial charge in [-0.1, -0.05) is 104 Å². The predicted octanol–water partition coefficient (Wildman–Crippen LogP) is 7.17. The maximum atomic E-state index is 12.2. The third-order valence-corrected chi connectivity index (χ3v) is 12.8. The van der Waals surface area contributed by atoms with E-state index in [9.17, 15) is 9.46 Å². The van der Waals surface area contributed by atoms with Gasteiger partial charge in [-0.2, -0.15) is 0 Å². The standard InChI is InChI=1S/C29H63N2O5PSi/c1-10-11-12-13-14-15-16-17-18-19-20-21-22-23-28(36-38(8,9)29(2,3)4)27(30)26-35-37(32,33)34-25-24-31(5,6)7/h22-23,27-28H,10-21,24-26,30H2,1-9H3/b23-22+. The summed E-state index contributed by atoms with van der Waals surface area (Å²) in [5.74, 6) is 0. The van der Waals surface area contributed by atoms with Crippen molar-refractivity contribution in [3.8, 4) is 0 Å². The van der Waals surface area contributed by atoms with Crippen molar-refractivity contribution in [3.63, 3.8) is 0 Å². The number of hydrogen-bond acceptors (Lipinski definition) is 6. The highest BCUT2D eigenvalue weighted by molar-refractivity contribution is 7.45. The second-order valence-corrected chi connectivity index (χ2v) is 19.5. The van der Waals surface area contributed by atoms with Gasteiger partial charge in [0.2, 0.25) is 0 Å². The zero-order valence-corrected chi connectivity index (χ0v) is 28.3. The number of allylic oxidation sites excluding steroid dienone is 1. The predicted molar refractivity (Wildman–Crippen MR) is 163 cm³/mol. The molecule has 228 valence electrons. The Hall–Kier alpha value is -0.0531. The first kappa shape index (κ1) is 37.9. The number of likely N-dealkylation sites (N-methyl/N-ethyl adjacent to an activating group) is 1. The van der Waals surface area contributed by atoms with Gasteiger partial charge in [0.15, 0.2) is 8.32 Å². The summed E-state index contributed by atoms with van der Waals surface area (Å²) in [5, 5.41) is 0.0117. The van der Waals surface area contributed by atoms with Crippen LogP contribution in [0, 0.1) is 0 Å². The molecule has 0 aliphatic rings. The fourth-order valence-electron chi connectivity index (χ4n) is 3.68. The number of phosphoric ester groups is 1. The number of nitrogens with zero attached hydrogens (tertiary/aromatic N) is 1. The molecule has 9 heteroatoms. The monoisotopic (exact) mass is 578 g/mol. The van der Waals surface area contributed by atoms with Crippen LogP contribution in [0.1, 0.15) is 105 Å². The van der Waals surface area contributed by atoms with E-state index in [0.29, 0.717) is 11.0 Å². The quantitative estimate of drug-likeness (QED) is 0.0454. The number of quaternary nitrogens is 1. The molecule has 0 aromatic heterocycles. The Kier molecular flexibility index (Phi) is 19.1. The molecule has 0 heterocycles. The fourth-order valence-corrected chi connectivity index (χ4v) is 5.70. The van der Waals surface area contributed by atoms with E-state index in [2.05, 4.69) is 46.9 Å². The van der Waals surface area contributed by atoms with Gasteiger partial charge in [-0.25, -0.2) is 0 Å². The average molecular weight is 579 g/mol. The molecule has 0 bridgehead atoms. The number of rotatable bonds is 23. The molecular formula is C29H63N2O5PSi. The molecule has 0 aliphatic carbocycles. The summed E-state index contributed by atoms with van der Waals surface area (Å²) >= 11 is 0. The van der Waals surface area contributed by atoms with E-state index < -0.39 is 28.3 Å². The lowest BCUT2D eigenvalue weighted by molar-refractivity contribution is -0.870. The van der Waals surface area contributed by atoms with Crippen LogP contribution in [-0.2, 0) is 18.0 Å². The lowest BCUT2D eigenvalue weighted by Gasteiger charge is -2.40. The van der Waals surface area contributed by atoms with Crippen molar-refractivity contribution < 1.29 is 27.4 Å². The third-order valence-electron chi connectivity index (χ3n) is 7.40. The largest absolute Gasteiger partial charge is 0.756 e. The summed E-state index contributed by atoms with van der Waals surface area (Å²) < 4.78 is 29.6. The second-order valence-electron chi connectivity index (χ2n) is 13.3. The molecular weight excluding hydrogens is 515 g/mol. The van der Waals surface area contributed by atoms with E-state index >= 15 is 0 Å². The van der Waals surface area contributed by atoms with Crippen LogP contribution >= 0.6 is 7.82 Å². The van der Waals surface area contributed by atoms with Gasteiger partial charge in [0.25, 0.3) is 7.82 Å². The highest BCUT2D eigenvalue weighted by atomic mass is 31.2. The minimum atomic E-state index is -4.42. The molecule has 0 saturated carbocycles. The van der Waals surface area contributed by atoms with E-state index in [-0.39, 0.29) is 18.3 Å². The summed E-state index contributed by atoms with van der Waals surface area (Å²) in [5.41, 5.74) is 6.42. The molecule has 0 spiro atoms. The SMILES string of the molecule is CCCCCCCCCCCCC/C=C/C(O[Si](C)(C)C(C)(C)C)C(N)COP(=O)([O-])OCC[N+](C)(C)C. The molecule has 0 rings (SSSR count). The van der Waals surface area contributed by atoms with Gasteiger partial charge in [0, 0.05) is 0 Å². The lowest BCUT2D eigenvalue weighted by Crippen LogP contribution is -2.50. The summed E-state index contributed by atoms with van der Waals surface area (Å²) in [6, 6.07) is -0.609. The lowest BCUT2D eigenvalue weighted by atomic mass is 10.0. The van der Waals surface area contributed by atoms with E-state index in [1.807, 2.05) is 27.2 Å². The van der Waals surface area contributed by atoms with Gasteiger partial charge >= 0.3 is 0 Å². The Bertz CT molecular complexity index is 677. The van der Waals surface area contributed by atoms with Gasteiger partial charge in [-0.15, -0.1) is 0 Å². The van der Waals surface area contributed by atoms with E-state index in [0.717, 1.165) is 12.8 Å². The van der Waals surface area contributed by atoms with E-state index in [4.69, 9.17) is 19.2 Å². The molecule has 0 aliphatic heterocycles. The van der Waals surface area contributed by atoms with Crippen LogP contribution in [-0.4, -0.2) is 65.8 Å². The zero-order valence-electron chi connectivity index (χ0n) is 26.4. The van der Waals surface area contributed by atoms with Crippen LogP contribution in [0.15, 0.2) is 12.2 Å². The number of nitrogens with two attached hydrogens (primary N) is 1. The van der Waals surface area contributed by atoms with E-state index in [1.54, 1.807) is 0 Å². The second kappa shape index (κ2) is 19.1. The van der Waals surface area contributed by atoms with Crippen LogP contribution in [0.3, 0.4) is 0 Å². The first-order valence-electron chi connectivity index (χ1n) is 15.0. The maximum Gasteiger partial charge on any atom is 0.268 e. The molecule has 7 nitrogen and oxygen atoms in total. The Balaban J connectivity index is 4.67. The minimum Gasteiger partial charge on any atom is -0.756 e. The van der Waals surface area contributed by atoms with Crippen LogP contribution in [0.2, 0.25) is 18.1 Å². The van der Waals surface area contributed by atoms with Crippen molar-refractivity contribution in [1.82, 2.24) is 0 Å². The molecule has 0 saturated heterocycles. The molecule has 0 aromatic rings. The highest BCUT2D eigenvalue weighted by Crippen LogP contribution is 2.40. The Morgan fingerprint density at radius 2 is 1.42 bits per heavy atom. The smallest absolute Gasteiger partial charge is 0.268 e. The highest BCUT2D eigenvalue weighted by Gasteiger charge is 2.40. The normalized spacial score (nSPS) is 16.6. The van der Waals surface area contributed by atoms with Crippen LogP contribution in [0.5, 0.6) is 0 Å². The van der Waals surface area contributed by atoms with Crippen molar-refractivity contribution in [2.45, 2.75) is 135 Å².